The van der Waals surface area contributed by atoms with E-state index in [1.54, 1.807) is 18.2 Å². The van der Waals surface area contributed by atoms with Gasteiger partial charge < -0.3 is 68.9 Å². The number of methoxy groups -OCH3 is 2. The van der Waals surface area contributed by atoms with E-state index in [1.165, 1.54) is 27.2 Å². The van der Waals surface area contributed by atoms with Gasteiger partial charge in [0.1, 0.15) is 71.6 Å². The fourth-order valence-electron chi connectivity index (χ4n) is 5.35. The summed E-state index contributed by atoms with van der Waals surface area (Å²) < 4.78 is 38.9. The van der Waals surface area contributed by atoms with E-state index in [0.29, 0.717) is 17.1 Å². The Morgan fingerprint density at radius 3 is 2.20 bits per heavy atom. The Balaban J connectivity index is 1.31. The molecule has 2 aromatic carbocycles. The van der Waals surface area contributed by atoms with Gasteiger partial charge in [-0.2, -0.15) is 0 Å². The molecule has 15 heteroatoms. The van der Waals surface area contributed by atoms with Crippen LogP contribution >= 0.6 is 0 Å². The van der Waals surface area contributed by atoms with Gasteiger partial charge in [-0.25, -0.2) is 0 Å². The van der Waals surface area contributed by atoms with Gasteiger partial charge >= 0.3 is 0 Å². The summed E-state index contributed by atoms with van der Waals surface area (Å²) in [6.45, 7) is 0.982. The van der Waals surface area contributed by atoms with Gasteiger partial charge in [-0.15, -0.1) is 0 Å². The molecule has 242 valence electrons. The number of fused-ring (bicyclic) bond motifs is 1. The van der Waals surface area contributed by atoms with E-state index in [1.807, 2.05) is 0 Å². The Morgan fingerprint density at radius 2 is 1.50 bits per heavy atom. The third kappa shape index (κ3) is 6.15. The maximum Gasteiger partial charge on any atom is 0.229 e. The van der Waals surface area contributed by atoms with Crippen molar-refractivity contribution < 1.29 is 73.7 Å². The third-order valence-electron chi connectivity index (χ3n) is 7.91. The molecule has 44 heavy (non-hydrogen) atoms. The molecule has 0 aliphatic carbocycles. The molecule has 15 nitrogen and oxygen atoms in total. The summed E-state index contributed by atoms with van der Waals surface area (Å²) in [6.07, 6.45) is -15.7. The number of ether oxygens (including phenoxy) is 7. The van der Waals surface area contributed by atoms with E-state index in [0.717, 1.165) is 6.07 Å². The molecule has 5 rings (SSSR count). The number of aliphatic hydroxyl groups is 6. The SMILES string of the molecule is COc1ccc([C@@H]2CC(=O)c3c(O)cc(O[C@H]4O[C@@H](CO[C@@H]5O[C@H](C)[C@@H](O)[C@H](O)[C@@H]5O)[C@H](O)[C@@H](O)[C@@H]4O)cc3O2)cc1OC. The Hall–Kier alpha value is -3.25. The minimum absolute atomic E-state index is 0.0000931. The number of phenolic OH excluding ortho intramolecular Hbond substituents is 1. The predicted octanol–water partition coefficient (Wildman–Crippen LogP) is -0.854. The molecule has 3 aliphatic rings. The van der Waals surface area contributed by atoms with Crippen LogP contribution in [0.3, 0.4) is 0 Å². The Morgan fingerprint density at radius 1 is 0.818 bits per heavy atom. The van der Waals surface area contributed by atoms with Gasteiger partial charge in [0.2, 0.25) is 6.29 Å². The molecular weight excluding hydrogens is 588 g/mol. The molecule has 0 bridgehead atoms. The minimum atomic E-state index is -1.76. The predicted molar refractivity (Wildman–Crippen MR) is 146 cm³/mol. The molecule has 3 aliphatic heterocycles. The van der Waals surface area contributed by atoms with E-state index in [2.05, 4.69) is 0 Å². The molecular formula is C29H36O15. The van der Waals surface area contributed by atoms with Gasteiger partial charge in [0.05, 0.1) is 33.4 Å². The Kier molecular flexibility index (Phi) is 9.50. The molecule has 0 radical (unpaired) electrons. The van der Waals surface area contributed by atoms with Gasteiger partial charge in [-0.3, -0.25) is 4.79 Å². The first-order valence-corrected chi connectivity index (χ1v) is 13.9. The second-order valence-electron chi connectivity index (χ2n) is 10.8. The van der Waals surface area contributed by atoms with Gasteiger partial charge in [0, 0.05) is 12.1 Å². The summed E-state index contributed by atoms with van der Waals surface area (Å²) in [5.74, 6) is -0.00697. The van der Waals surface area contributed by atoms with E-state index in [4.69, 9.17) is 33.2 Å². The minimum Gasteiger partial charge on any atom is -0.507 e. The van der Waals surface area contributed by atoms with Gasteiger partial charge in [-0.05, 0) is 24.6 Å². The number of Topliss-reactive ketones (excluding diaryl/α,β-unsaturated/α-hetero) is 1. The molecule has 2 saturated heterocycles. The van der Waals surface area contributed by atoms with E-state index < -0.39 is 79.9 Å². The van der Waals surface area contributed by atoms with Crippen molar-refractivity contribution in [1.29, 1.82) is 0 Å². The summed E-state index contributed by atoms with van der Waals surface area (Å²) in [5, 5.41) is 72.3. The van der Waals surface area contributed by atoms with Crippen LogP contribution in [0.1, 0.15) is 35.4 Å². The molecule has 3 heterocycles. The van der Waals surface area contributed by atoms with Crippen LogP contribution in [-0.4, -0.2) is 124 Å². The fourth-order valence-corrected chi connectivity index (χ4v) is 5.35. The summed E-state index contributed by atoms with van der Waals surface area (Å²) in [7, 11) is 2.97. The lowest BCUT2D eigenvalue weighted by molar-refractivity contribution is -0.318. The summed E-state index contributed by atoms with van der Waals surface area (Å²) in [5.41, 5.74) is 0.551. The summed E-state index contributed by atoms with van der Waals surface area (Å²) in [6, 6.07) is 7.50. The fraction of sp³-hybridized carbons (Fsp3) is 0.552. The smallest absolute Gasteiger partial charge is 0.229 e. The van der Waals surface area contributed by atoms with Gasteiger partial charge in [0.15, 0.2) is 23.6 Å². The van der Waals surface area contributed by atoms with Crippen LogP contribution in [0.15, 0.2) is 30.3 Å². The second-order valence-corrected chi connectivity index (χ2v) is 10.8. The molecule has 0 saturated carbocycles. The lowest BCUT2D eigenvalue weighted by Crippen LogP contribution is -2.61. The number of rotatable bonds is 8. The van der Waals surface area contributed by atoms with Gasteiger partial charge in [0.25, 0.3) is 0 Å². The van der Waals surface area contributed by atoms with E-state index in [-0.39, 0.29) is 29.3 Å². The molecule has 7 N–H and O–H groups in total. The topological polar surface area (TPSA) is 223 Å². The Bertz CT molecular complexity index is 1340. The zero-order chi connectivity index (χ0) is 31.9. The highest BCUT2D eigenvalue weighted by atomic mass is 16.7. The number of carbonyl (C=O) groups is 1. The lowest BCUT2D eigenvalue weighted by Gasteiger charge is -2.42. The number of ketones is 1. The summed E-state index contributed by atoms with van der Waals surface area (Å²) >= 11 is 0. The third-order valence-corrected chi connectivity index (χ3v) is 7.91. The van der Waals surface area contributed by atoms with Crippen LogP contribution in [0.2, 0.25) is 0 Å². The van der Waals surface area contributed by atoms with Crippen molar-refractivity contribution in [2.75, 3.05) is 20.8 Å². The quantitative estimate of drug-likeness (QED) is 0.190. The number of aliphatic hydroxyl groups excluding tert-OH is 6. The highest BCUT2D eigenvalue weighted by Gasteiger charge is 2.47. The first-order chi connectivity index (χ1) is 20.9. The normalized spacial score (nSPS) is 35.4. The van der Waals surface area contributed by atoms with Crippen molar-refractivity contribution in [3.8, 4) is 28.7 Å². The first-order valence-electron chi connectivity index (χ1n) is 13.9. The number of aromatic hydroxyl groups is 1. The number of hydrogen-bond acceptors (Lipinski definition) is 15. The zero-order valence-electron chi connectivity index (χ0n) is 24.0. The standard InChI is InChI=1S/C29H36O15/c1-11-22(32)24(34)26(36)28(41-11)40-10-20-23(33)25(35)27(37)29(44-20)42-13-7-14(30)21-15(31)9-17(43-19(21)8-13)12-4-5-16(38-2)18(6-12)39-3/h4-8,11,17,20,22-30,32-37H,9-10H2,1-3H3/t11-,17+,20+,22-,23+,24+,25-,26+,27+,28-,29+/m1/s1. The maximum absolute atomic E-state index is 13.0. The molecule has 2 fully saturated rings. The summed E-state index contributed by atoms with van der Waals surface area (Å²) in [4.78, 5) is 13.0. The number of hydrogen-bond donors (Lipinski definition) is 7. The van der Waals surface area contributed by atoms with Crippen molar-refractivity contribution in [3.05, 3.63) is 41.5 Å². The molecule has 0 unspecified atom stereocenters. The van der Waals surface area contributed by atoms with E-state index in [9.17, 15) is 40.5 Å². The molecule has 0 amide bonds. The van der Waals surface area contributed by atoms with Crippen molar-refractivity contribution in [1.82, 2.24) is 0 Å². The lowest BCUT2D eigenvalue weighted by atomic mass is 9.95. The average Bonchev–Trinajstić information content (AvgIpc) is 3.01. The van der Waals surface area contributed by atoms with Crippen LogP contribution in [0.5, 0.6) is 28.7 Å². The van der Waals surface area contributed by atoms with Crippen LogP contribution in [0, 0.1) is 0 Å². The van der Waals surface area contributed by atoms with Crippen LogP contribution in [-0.2, 0) is 14.2 Å². The van der Waals surface area contributed by atoms with Crippen LogP contribution < -0.4 is 18.9 Å². The van der Waals surface area contributed by atoms with E-state index >= 15 is 0 Å². The maximum atomic E-state index is 13.0. The Labute approximate surface area is 251 Å². The van der Waals surface area contributed by atoms with Crippen LogP contribution in [0.4, 0.5) is 0 Å². The molecule has 2 aromatic rings. The second kappa shape index (κ2) is 13.0. The highest BCUT2D eigenvalue weighted by molar-refractivity contribution is 6.02. The number of phenols is 1. The molecule has 0 spiro atoms. The average molecular weight is 625 g/mol. The van der Waals surface area contributed by atoms with Crippen molar-refractivity contribution in [2.45, 2.75) is 80.9 Å². The largest absolute Gasteiger partial charge is 0.507 e. The zero-order valence-corrected chi connectivity index (χ0v) is 24.0. The van der Waals surface area contributed by atoms with Gasteiger partial charge in [-0.1, -0.05) is 6.07 Å². The van der Waals surface area contributed by atoms with Crippen molar-refractivity contribution in [3.63, 3.8) is 0 Å². The monoisotopic (exact) mass is 624 g/mol. The van der Waals surface area contributed by atoms with Crippen LogP contribution in [0.25, 0.3) is 0 Å². The molecule has 11 atom stereocenters. The highest BCUT2D eigenvalue weighted by Crippen LogP contribution is 2.43. The first kappa shape index (κ1) is 32.2. The number of benzene rings is 2. The number of carbonyl (C=O) groups excluding carboxylic acids is 1. The van der Waals surface area contributed by atoms with Crippen molar-refractivity contribution >= 4 is 5.78 Å². The molecule has 0 aromatic heterocycles. The van der Waals surface area contributed by atoms with Crippen molar-refractivity contribution in [2.24, 2.45) is 0 Å².